The van der Waals surface area contributed by atoms with Gasteiger partial charge in [0.1, 0.15) is 0 Å². The molecule has 7 rings (SSSR count). The number of aliphatic hydroxyl groups is 2. The van der Waals surface area contributed by atoms with E-state index in [0.29, 0.717) is 25.9 Å². The van der Waals surface area contributed by atoms with E-state index in [9.17, 15) is 15.3 Å². The van der Waals surface area contributed by atoms with E-state index in [4.69, 9.17) is 0 Å². The number of para-hydroxylation sites is 2. The fraction of sp³-hybridized carbons (Fsp3) is 0.231. The van der Waals surface area contributed by atoms with Crippen LogP contribution in [0.2, 0.25) is 0 Å². The van der Waals surface area contributed by atoms with Crippen LogP contribution in [0.3, 0.4) is 0 Å². The molecular formula is C26H23N3O3. The molecule has 32 heavy (non-hydrogen) atoms. The molecule has 2 unspecified atom stereocenters. The minimum Gasteiger partial charge on any atom is -0.494 e. The summed E-state index contributed by atoms with van der Waals surface area (Å²) >= 11 is 0. The topological polar surface area (TPSA) is 86.3 Å². The Bertz CT molecular complexity index is 1690. The van der Waals surface area contributed by atoms with E-state index in [1.165, 1.54) is 0 Å². The summed E-state index contributed by atoms with van der Waals surface area (Å²) in [5.41, 5.74) is 4.35. The number of H-pyrrole nitrogens is 1. The van der Waals surface area contributed by atoms with Gasteiger partial charge in [0.25, 0.3) is 0 Å². The Kier molecular flexibility index (Phi) is 3.56. The smallest absolute Gasteiger partial charge is 0.197 e. The van der Waals surface area contributed by atoms with Crippen molar-refractivity contribution < 1.29 is 15.3 Å². The zero-order valence-electron chi connectivity index (χ0n) is 17.4. The Morgan fingerprint density at radius 2 is 1.22 bits per heavy atom. The number of hydrogen-bond acceptors (Lipinski definition) is 3. The number of aromatic hydroxyl groups is 1. The molecule has 0 spiro atoms. The molecule has 3 aromatic carbocycles. The maximum atomic E-state index is 10.9. The summed E-state index contributed by atoms with van der Waals surface area (Å²) < 4.78 is 4.54. The zero-order valence-corrected chi connectivity index (χ0v) is 17.4. The van der Waals surface area contributed by atoms with Crippen LogP contribution in [0, 0.1) is 0 Å². The molecule has 0 radical (unpaired) electrons. The zero-order chi connectivity index (χ0) is 21.6. The highest BCUT2D eigenvalue weighted by Crippen LogP contribution is 2.47. The molecule has 1 aliphatic rings. The summed E-state index contributed by atoms with van der Waals surface area (Å²) in [4.78, 5) is 3.06. The van der Waals surface area contributed by atoms with Gasteiger partial charge in [-0.05, 0) is 25.0 Å². The van der Waals surface area contributed by atoms with Crippen molar-refractivity contribution in [2.45, 2.75) is 38.1 Å². The Balaban J connectivity index is 1.83. The molecule has 160 valence electrons. The van der Waals surface area contributed by atoms with Crippen LogP contribution in [0.5, 0.6) is 5.88 Å². The number of aromatic nitrogens is 3. The van der Waals surface area contributed by atoms with Gasteiger partial charge in [-0.15, -0.1) is 0 Å². The van der Waals surface area contributed by atoms with E-state index < -0.39 is 12.2 Å². The Labute approximate surface area is 182 Å². The maximum absolute atomic E-state index is 10.9. The van der Waals surface area contributed by atoms with Gasteiger partial charge in [0, 0.05) is 57.3 Å². The van der Waals surface area contributed by atoms with Crippen molar-refractivity contribution in [2.75, 3.05) is 0 Å². The van der Waals surface area contributed by atoms with Crippen LogP contribution in [0.4, 0.5) is 0 Å². The van der Waals surface area contributed by atoms with Crippen molar-refractivity contribution >= 4 is 54.4 Å². The number of aliphatic hydroxyl groups excluding tert-OH is 2. The number of nitrogens with zero attached hydrogens (tertiary/aromatic N) is 2. The number of aromatic amines is 1. The summed E-state index contributed by atoms with van der Waals surface area (Å²) in [6.07, 6.45) is 1.29. The van der Waals surface area contributed by atoms with E-state index in [1.54, 1.807) is 0 Å². The monoisotopic (exact) mass is 425 g/mol. The molecule has 6 aromatic rings. The van der Waals surface area contributed by atoms with E-state index in [-0.39, 0.29) is 5.88 Å². The second kappa shape index (κ2) is 6.28. The van der Waals surface area contributed by atoms with E-state index >= 15 is 0 Å². The maximum Gasteiger partial charge on any atom is 0.197 e. The van der Waals surface area contributed by atoms with Crippen molar-refractivity contribution in [1.82, 2.24) is 14.1 Å². The summed E-state index contributed by atoms with van der Waals surface area (Å²) in [5.74, 6) is 0.175. The number of nitrogens with one attached hydrogen (secondary N) is 1. The standard InChI is InChI=1S/C26H23N3O3/c30-19-9-11-28-17-7-3-1-5-14(17)21-16-13-27-26(32)23(16)22-15-6-2-4-8-18(15)29(12-10-20(19)31)25(22)24(21)28/h1-8,13,19-20,27,30-32H,9-12H2. The minimum atomic E-state index is -0.783. The Hall–Kier alpha value is -3.48. The molecule has 6 heteroatoms. The Morgan fingerprint density at radius 3 is 1.84 bits per heavy atom. The van der Waals surface area contributed by atoms with Crippen molar-refractivity contribution in [2.24, 2.45) is 0 Å². The molecule has 0 bridgehead atoms. The van der Waals surface area contributed by atoms with Gasteiger partial charge in [-0.2, -0.15) is 0 Å². The first-order chi connectivity index (χ1) is 15.6. The highest BCUT2D eigenvalue weighted by Gasteiger charge is 2.27. The fourth-order valence-corrected chi connectivity index (χ4v) is 5.86. The van der Waals surface area contributed by atoms with Gasteiger partial charge < -0.3 is 29.4 Å². The van der Waals surface area contributed by atoms with Gasteiger partial charge in [0.05, 0.1) is 28.6 Å². The second-order valence-electron chi connectivity index (χ2n) is 8.92. The largest absolute Gasteiger partial charge is 0.494 e. The lowest BCUT2D eigenvalue weighted by Gasteiger charge is -2.22. The first-order valence-electron chi connectivity index (χ1n) is 11.1. The fourth-order valence-electron chi connectivity index (χ4n) is 5.86. The van der Waals surface area contributed by atoms with Crippen molar-refractivity contribution in [3.8, 4) is 5.88 Å². The average molecular weight is 425 g/mol. The van der Waals surface area contributed by atoms with E-state index in [0.717, 1.165) is 54.4 Å². The van der Waals surface area contributed by atoms with Crippen LogP contribution in [-0.2, 0) is 13.1 Å². The molecule has 0 saturated heterocycles. The third-order valence-electron chi connectivity index (χ3n) is 7.29. The first-order valence-corrected chi connectivity index (χ1v) is 11.1. The van der Waals surface area contributed by atoms with Gasteiger partial charge in [0.2, 0.25) is 0 Å². The van der Waals surface area contributed by atoms with Crippen molar-refractivity contribution in [3.05, 3.63) is 54.7 Å². The lowest BCUT2D eigenvalue weighted by atomic mass is 10.0. The highest BCUT2D eigenvalue weighted by molar-refractivity contribution is 6.36. The SMILES string of the molecule is Oc1[nH]cc2c1c1c3ccccc3n3c1c1c2c2ccccc2n1CCC(O)C(O)CC3. The van der Waals surface area contributed by atoms with Crippen molar-refractivity contribution in [1.29, 1.82) is 0 Å². The summed E-state index contributed by atoms with van der Waals surface area (Å²) in [6, 6.07) is 16.6. The number of fused-ring (bicyclic) bond motifs is 9. The van der Waals surface area contributed by atoms with E-state index in [2.05, 4.69) is 38.4 Å². The number of hydrogen-bond donors (Lipinski definition) is 4. The molecule has 0 aliphatic carbocycles. The molecule has 4 heterocycles. The molecule has 4 N–H and O–H groups in total. The number of rotatable bonds is 0. The van der Waals surface area contributed by atoms with Crippen LogP contribution in [0.25, 0.3) is 54.4 Å². The average Bonchev–Trinajstić information content (AvgIpc) is 3.45. The molecule has 0 amide bonds. The normalized spacial score (nSPS) is 19.8. The molecule has 3 aromatic heterocycles. The van der Waals surface area contributed by atoms with Crippen LogP contribution in [-0.4, -0.2) is 41.6 Å². The highest BCUT2D eigenvalue weighted by atomic mass is 16.3. The minimum absolute atomic E-state index is 0.175. The van der Waals surface area contributed by atoms with Crippen LogP contribution >= 0.6 is 0 Å². The van der Waals surface area contributed by atoms with Crippen molar-refractivity contribution in [3.63, 3.8) is 0 Å². The molecule has 0 fully saturated rings. The number of aryl methyl sites for hydroxylation is 2. The predicted molar refractivity (Wildman–Crippen MR) is 127 cm³/mol. The third-order valence-corrected chi connectivity index (χ3v) is 7.29. The molecule has 6 nitrogen and oxygen atoms in total. The van der Waals surface area contributed by atoms with Crippen LogP contribution < -0.4 is 0 Å². The lowest BCUT2D eigenvalue weighted by Crippen LogP contribution is -2.29. The van der Waals surface area contributed by atoms with E-state index in [1.807, 2.05) is 30.5 Å². The van der Waals surface area contributed by atoms with Gasteiger partial charge in [-0.1, -0.05) is 36.4 Å². The van der Waals surface area contributed by atoms with Gasteiger partial charge >= 0.3 is 0 Å². The summed E-state index contributed by atoms with van der Waals surface area (Å²) in [7, 11) is 0. The first kappa shape index (κ1) is 18.1. The molecule has 2 atom stereocenters. The van der Waals surface area contributed by atoms with Gasteiger partial charge in [-0.3, -0.25) is 0 Å². The number of benzene rings is 3. The van der Waals surface area contributed by atoms with Crippen LogP contribution in [0.15, 0.2) is 54.7 Å². The molecule has 0 saturated carbocycles. The second-order valence-corrected chi connectivity index (χ2v) is 8.92. The third kappa shape index (κ3) is 2.16. The van der Waals surface area contributed by atoms with Gasteiger partial charge in [-0.25, -0.2) is 0 Å². The summed E-state index contributed by atoms with van der Waals surface area (Å²) in [6.45, 7) is 1.18. The predicted octanol–water partition coefficient (Wildman–Crippen LogP) is 4.60. The molecular weight excluding hydrogens is 402 g/mol. The lowest BCUT2D eigenvalue weighted by molar-refractivity contribution is 0.00574. The summed E-state index contributed by atoms with van der Waals surface area (Å²) in [5, 5.41) is 38.3. The molecule has 1 aliphatic heterocycles. The van der Waals surface area contributed by atoms with Crippen LogP contribution in [0.1, 0.15) is 12.8 Å². The van der Waals surface area contributed by atoms with Gasteiger partial charge in [0.15, 0.2) is 5.88 Å². The quantitative estimate of drug-likeness (QED) is 0.287. The Morgan fingerprint density at radius 1 is 0.688 bits per heavy atom.